The van der Waals surface area contributed by atoms with Gasteiger partial charge in [0.2, 0.25) is 0 Å². The number of methoxy groups -OCH3 is 1. The van der Waals surface area contributed by atoms with Crippen LogP contribution in [-0.4, -0.2) is 36.5 Å². The Morgan fingerprint density at radius 2 is 2.00 bits per heavy atom. The predicted molar refractivity (Wildman–Crippen MR) is 80.9 cm³/mol. The Balaban J connectivity index is 2.01. The molecule has 1 saturated heterocycles. The van der Waals surface area contributed by atoms with Crippen molar-refractivity contribution in [2.24, 2.45) is 0 Å². The van der Waals surface area contributed by atoms with Gasteiger partial charge < -0.3 is 14.4 Å². The number of carbonyl (C=O) groups is 1. The average Bonchev–Trinajstić information content (AvgIpc) is 2.95. The normalized spacial score (nSPS) is 22.1. The number of hydrogen-bond acceptors (Lipinski definition) is 4. The first kappa shape index (κ1) is 14.0. The van der Waals surface area contributed by atoms with Crippen LogP contribution in [0.3, 0.4) is 0 Å². The fourth-order valence-corrected chi connectivity index (χ4v) is 2.92. The van der Waals surface area contributed by atoms with E-state index in [-0.39, 0.29) is 5.78 Å². The van der Waals surface area contributed by atoms with Crippen LogP contribution in [0.5, 0.6) is 11.5 Å². The second-order valence-electron chi connectivity index (χ2n) is 6.09. The third-order valence-electron chi connectivity index (χ3n) is 4.14. The van der Waals surface area contributed by atoms with Crippen LogP contribution in [0.15, 0.2) is 30.0 Å². The van der Waals surface area contributed by atoms with E-state index in [0.717, 1.165) is 18.7 Å². The highest BCUT2D eigenvalue weighted by Gasteiger charge is 2.38. The lowest BCUT2D eigenvalue weighted by atomic mass is 9.87. The van der Waals surface area contributed by atoms with E-state index in [0.29, 0.717) is 17.1 Å². The Bertz CT molecular complexity index is 598. The number of likely N-dealkylation sites (tertiary alicyclic amines) is 1. The molecule has 2 aliphatic heterocycles. The highest BCUT2D eigenvalue weighted by Crippen LogP contribution is 2.38. The first-order chi connectivity index (χ1) is 10.0. The Hall–Kier alpha value is -1.97. The molecule has 0 radical (unpaired) electrons. The van der Waals surface area contributed by atoms with Crippen LogP contribution in [0.2, 0.25) is 0 Å². The maximum atomic E-state index is 12.8. The molecular weight excluding hydrogens is 266 g/mol. The first-order valence-electron chi connectivity index (χ1n) is 7.39. The maximum absolute atomic E-state index is 12.8. The number of ketones is 1. The molecule has 0 amide bonds. The van der Waals surface area contributed by atoms with E-state index in [1.54, 1.807) is 25.3 Å². The Labute approximate surface area is 125 Å². The van der Waals surface area contributed by atoms with Gasteiger partial charge in [0.15, 0.2) is 5.78 Å². The van der Waals surface area contributed by atoms with Crippen LogP contribution in [0, 0.1) is 0 Å². The van der Waals surface area contributed by atoms with Gasteiger partial charge in [0.1, 0.15) is 17.1 Å². The van der Waals surface area contributed by atoms with Gasteiger partial charge >= 0.3 is 0 Å². The van der Waals surface area contributed by atoms with Gasteiger partial charge in [-0.05, 0) is 38.8 Å². The van der Waals surface area contributed by atoms with E-state index in [9.17, 15) is 4.79 Å². The molecule has 1 aromatic rings. The third kappa shape index (κ3) is 2.50. The number of ether oxygens (including phenoxy) is 2. The van der Waals surface area contributed by atoms with Crippen LogP contribution >= 0.6 is 0 Å². The summed E-state index contributed by atoms with van der Waals surface area (Å²) < 4.78 is 11.3. The smallest absolute Gasteiger partial charge is 0.198 e. The molecule has 2 heterocycles. The van der Waals surface area contributed by atoms with Crippen molar-refractivity contribution in [1.29, 1.82) is 0 Å². The Kier molecular flexibility index (Phi) is 3.40. The average molecular weight is 287 g/mol. The van der Waals surface area contributed by atoms with Gasteiger partial charge in [0.25, 0.3) is 0 Å². The van der Waals surface area contributed by atoms with Gasteiger partial charge in [-0.1, -0.05) is 0 Å². The van der Waals surface area contributed by atoms with Crippen molar-refractivity contribution in [3.63, 3.8) is 0 Å². The zero-order chi connectivity index (χ0) is 15.0. The molecule has 1 fully saturated rings. The summed E-state index contributed by atoms with van der Waals surface area (Å²) in [6.45, 7) is 5.91. The van der Waals surface area contributed by atoms with Gasteiger partial charge in [0, 0.05) is 25.4 Å². The highest BCUT2D eigenvalue weighted by molar-refractivity contribution is 6.12. The zero-order valence-electron chi connectivity index (χ0n) is 12.8. The number of hydrogen-bond donors (Lipinski definition) is 0. The minimum atomic E-state index is -0.626. The summed E-state index contributed by atoms with van der Waals surface area (Å²) >= 11 is 0. The van der Waals surface area contributed by atoms with Crippen LogP contribution in [0.4, 0.5) is 0 Å². The van der Waals surface area contributed by atoms with Crippen molar-refractivity contribution in [3.8, 4) is 11.5 Å². The lowest BCUT2D eigenvalue weighted by Gasteiger charge is -2.35. The van der Waals surface area contributed by atoms with E-state index in [2.05, 4.69) is 4.90 Å². The van der Waals surface area contributed by atoms with Gasteiger partial charge in [-0.2, -0.15) is 0 Å². The van der Waals surface area contributed by atoms with Gasteiger partial charge in [0.05, 0.1) is 18.2 Å². The van der Waals surface area contributed by atoms with Crippen molar-refractivity contribution >= 4 is 5.78 Å². The molecule has 0 atom stereocenters. The molecule has 21 heavy (non-hydrogen) atoms. The molecule has 0 saturated carbocycles. The number of carbonyl (C=O) groups excluding carboxylic acids is 1. The molecule has 4 nitrogen and oxygen atoms in total. The summed E-state index contributed by atoms with van der Waals surface area (Å²) in [6.07, 6.45) is 4.36. The van der Waals surface area contributed by atoms with Crippen molar-refractivity contribution in [2.45, 2.75) is 32.3 Å². The lowest BCUT2D eigenvalue weighted by Crippen LogP contribution is -2.40. The van der Waals surface area contributed by atoms with Gasteiger partial charge in [-0.15, -0.1) is 0 Å². The topological polar surface area (TPSA) is 38.8 Å². The number of Topliss-reactive ketones (excluding diaryl/α,β-unsaturated/α-hetero) is 1. The number of rotatable bonds is 2. The second-order valence-corrected chi connectivity index (χ2v) is 6.09. The first-order valence-corrected chi connectivity index (χ1v) is 7.39. The molecule has 2 aliphatic rings. The molecule has 0 aromatic heterocycles. The van der Waals surface area contributed by atoms with Gasteiger partial charge in [-0.25, -0.2) is 0 Å². The fourth-order valence-electron chi connectivity index (χ4n) is 2.92. The second kappa shape index (κ2) is 5.10. The quantitative estimate of drug-likeness (QED) is 0.784. The summed E-state index contributed by atoms with van der Waals surface area (Å²) in [5, 5.41) is 0. The van der Waals surface area contributed by atoms with E-state index in [1.807, 2.05) is 20.0 Å². The summed E-state index contributed by atoms with van der Waals surface area (Å²) in [7, 11) is 1.61. The van der Waals surface area contributed by atoms with Crippen LogP contribution < -0.4 is 9.47 Å². The van der Waals surface area contributed by atoms with E-state index in [4.69, 9.17) is 9.47 Å². The molecule has 112 valence electrons. The van der Waals surface area contributed by atoms with Crippen molar-refractivity contribution < 1.29 is 14.3 Å². The van der Waals surface area contributed by atoms with Crippen LogP contribution in [0.1, 0.15) is 37.0 Å². The monoisotopic (exact) mass is 287 g/mol. The lowest BCUT2D eigenvalue weighted by molar-refractivity contribution is 0.0846. The molecule has 0 aliphatic carbocycles. The summed E-state index contributed by atoms with van der Waals surface area (Å²) in [6, 6.07) is 5.36. The molecule has 3 rings (SSSR count). The number of nitrogens with zero attached hydrogens (tertiary/aromatic N) is 1. The summed E-state index contributed by atoms with van der Waals surface area (Å²) in [5.41, 5.74) is 0.710. The molecular formula is C17H21NO3. The standard InChI is InChI=1S/C17H21NO3/c1-17(2)14(11-18-8-4-5-9-18)16(19)13-7-6-12(20-3)10-15(13)21-17/h6-7,10-11H,4-5,8-9H2,1-3H3/b14-11+. The van der Waals surface area contributed by atoms with E-state index in [1.165, 1.54) is 12.8 Å². The van der Waals surface area contributed by atoms with Crippen LogP contribution in [0.25, 0.3) is 0 Å². The molecule has 0 unspecified atom stereocenters. The minimum absolute atomic E-state index is 0.0517. The minimum Gasteiger partial charge on any atom is -0.497 e. The molecule has 4 heteroatoms. The number of fused-ring (bicyclic) bond motifs is 1. The molecule has 0 N–H and O–H groups in total. The fraction of sp³-hybridized carbons (Fsp3) is 0.471. The van der Waals surface area contributed by atoms with E-state index >= 15 is 0 Å². The zero-order valence-corrected chi connectivity index (χ0v) is 12.8. The molecule has 0 spiro atoms. The SMILES string of the molecule is COc1ccc2c(c1)OC(C)(C)/C(=C/N1CCCC1)C2=O. The van der Waals surface area contributed by atoms with E-state index < -0.39 is 5.60 Å². The largest absolute Gasteiger partial charge is 0.497 e. The summed E-state index contributed by atoms with van der Waals surface area (Å²) in [4.78, 5) is 15.0. The predicted octanol–water partition coefficient (Wildman–Crippen LogP) is 3.03. The Morgan fingerprint density at radius 3 is 2.67 bits per heavy atom. The molecule has 1 aromatic carbocycles. The highest BCUT2D eigenvalue weighted by atomic mass is 16.5. The molecule has 0 bridgehead atoms. The van der Waals surface area contributed by atoms with Crippen molar-refractivity contribution in [3.05, 3.63) is 35.5 Å². The van der Waals surface area contributed by atoms with Crippen molar-refractivity contribution in [1.82, 2.24) is 4.90 Å². The summed E-state index contributed by atoms with van der Waals surface area (Å²) in [5.74, 6) is 1.35. The van der Waals surface area contributed by atoms with Crippen molar-refractivity contribution in [2.75, 3.05) is 20.2 Å². The maximum Gasteiger partial charge on any atom is 0.198 e. The van der Waals surface area contributed by atoms with Gasteiger partial charge in [-0.3, -0.25) is 4.79 Å². The number of benzene rings is 1. The third-order valence-corrected chi connectivity index (χ3v) is 4.14. The van der Waals surface area contributed by atoms with Crippen LogP contribution in [-0.2, 0) is 0 Å². The Morgan fingerprint density at radius 1 is 1.29 bits per heavy atom.